The normalized spacial score (nSPS) is 23.4. The van der Waals surface area contributed by atoms with Crippen molar-refractivity contribution in [1.29, 1.82) is 0 Å². The number of piperazine rings is 1. The number of nitrogens with zero attached hydrogens (tertiary/aromatic N) is 3. The number of likely N-dealkylation sites (tertiary alicyclic amines) is 1. The van der Waals surface area contributed by atoms with Crippen molar-refractivity contribution in [3.63, 3.8) is 0 Å². The third-order valence-electron chi connectivity index (χ3n) is 6.83. The molecule has 170 valence electrons. The zero-order valence-corrected chi connectivity index (χ0v) is 18.5. The summed E-state index contributed by atoms with van der Waals surface area (Å²) in [6.07, 6.45) is 10.2. The van der Waals surface area contributed by atoms with Crippen molar-refractivity contribution >= 4 is 17.8 Å². The topological polar surface area (TPSA) is 85.0 Å². The molecule has 1 aliphatic carbocycles. The summed E-state index contributed by atoms with van der Waals surface area (Å²) in [7, 11) is 0. The Labute approximate surface area is 180 Å². The lowest BCUT2D eigenvalue weighted by Gasteiger charge is -2.37. The first kappa shape index (κ1) is 23.0. The van der Waals surface area contributed by atoms with E-state index in [0.717, 1.165) is 77.8 Å². The van der Waals surface area contributed by atoms with E-state index in [-0.39, 0.29) is 29.9 Å². The lowest BCUT2D eigenvalue weighted by atomic mass is 9.96. The molecule has 3 rings (SSSR count). The van der Waals surface area contributed by atoms with Crippen LogP contribution >= 0.6 is 0 Å². The SMILES string of the molecule is C[C@@H](C(=O)NC(=O)NC1CCCCC1)N1CCN(CC(=O)N2CCCCCC2)CC1. The summed E-state index contributed by atoms with van der Waals surface area (Å²) in [5.74, 6) is -0.0204. The van der Waals surface area contributed by atoms with Gasteiger partial charge in [0.1, 0.15) is 0 Å². The summed E-state index contributed by atoms with van der Waals surface area (Å²) in [4.78, 5) is 43.5. The molecule has 8 nitrogen and oxygen atoms in total. The number of rotatable bonds is 5. The van der Waals surface area contributed by atoms with Crippen molar-refractivity contribution in [2.24, 2.45) is 0 Å². The number of nitrogens with one attached hydrogen (secondary N) is 2. The van der Waals surface area contributed by atoms with E-state index >= 15 is 0 Å². The Balaban J connectivity index is 1.36. The van der Waals surface area contributed by atoms with Crippen molar-refractivity contribution in [1.82, 2.24) is 25.3 Å². The van der Waals surface area contributed by atoms with Crippen molar-refractivity contribution < 1.29 is 14.4 Å². The summed E-state index contributed by atoms with van der Waals surface area (Å²) < 4.78 is 0. The van der Waals surface area contributed by atoms with E-state index in [1.807, 2.05) is 11.8 Å². The maximum Gasteiger partial charge on any atom is 0.321 e. The molecule has 2 saturated heterocycles. The first-order chi connectivity index (χ1) is 14.5. The second-order valence-electron chi connectivity index (χ2n) is 9.08. The molecular formula is C22H39N5O3. The van der Waals surface area contributed by atoms with Gasteiger partial charge in [0.2, 0.25) is 11.8 Å². The van der Waals surface area contributed by atoms with Crippen LogP contribution in [0.4, 0.5) is 4.79 Å². The molecule has 3 aliphatic rings. The van der Waals surface area contributed by atoms with Crippen LogP contribution in [-0.4, -0.2) is 90.4 Å². The third kappa shape index (κ3) is 6.94. The molecule has 0 radical (unpaired) electrons. The van der Waals surface area contributed by atoms with E-state index in [0.29, 0.717) is 6.54 Å². The standard InChI is InChI=1S/C22H39N5O3/c1-18(21(29)24-22(30)23-19-9-5-4-6-10-19)26-15-13-25(14-16-26)17-20(28)27-11-7-2-3-8-12-27/h18-19H,2-17H2,1H3,(H2,23,24,29,30)/t18-/m0/s1. The third-order valence-corrected chi connectivity index (χ3v) is 6.83. The van der Waals surface area contributed by atoms with Crippen LogP contribution < -0.4 is 10.6 Å². The molecule has 3 fully saturated rings. The lowest BCUT2D eigenvalue weighted by Crippen LogP contribution is -2.57. The van der Waals surface area contributed by atoms with Gasteiger partial charge in [-0.1, -0.05) is 32.1 Å². The lowest BCUT2D eigenvalue weighted by molar-refractivity contribution is -0.133. The highest BCUT2D eigenvalue weighted by atomic mass is 16.2. The fourth-order valence-electron chi connectivity index (χ4n) is 4.77. The van der Waals surface area contributed by atoms with Crippen molar-refractivity contribution in [2.45, 2.75) is 76.8 Å². The van der Waals surface area contributed by atoms with E-state index in [9.17, 15) is 14.4 Å². The molecule has 30 heavy (non-hydrogen) atoms. The molecule has 1 saturated carbocycles. The Morgan fingerprint density at radius 3 is 2.07 bits per heavy atom. The fraction of sp³-hybridized carbons (Fsp3) is 0.864. The summed E-state index contributed by atoms with van der Waals surface area (Å²) in [6.45, 7) is 7.09. The van der Waals surface area contributed by atoms with Gasteiger partial charge in [-0.3, -0.25) is 24.7 Å². The van der Waals surface area contributed by atoms with Crippen LogP contribution in [-0.2, 0) is 9.59 Å². The molecule has 0 spiro atoms. The highest BCUT2D eigenvalue weighted by molar-refractivity contribution is 5.96. The van der Waals surface area contributed by atoms with Gasteiger partial charge in [0.25, 0.3) is 0 Å². The molecule has 2 N–H and O–H groups in total. The summed E-state index contributed by atoms with van der Waals surface area (Å²) >= 11 is 0. The minimum absolute atomic E-state index is 0.187. The van der Waals surface area contributed by atoms with Gasteiger partial charge in [-0.25, -0.2) is 4.79 Å². The highest BCUT2D eigenvalue weighted by Crippen LogP contribution is 2.17. The van der Waals surface area contributed by atoms with Gasteiger partial charge in [0.05, 0.1) is 12.6 Å². The van der Waals surface area contributed by atoms with Gasteiger partial charge in [0.15, 0.2) is 0 Å². The predicted octanol–water partition coefficient (Wildman–Crippen LogP) is 1.55. The maximum absolute atomic E-state index is 12.6. The zero-order valence-electron chi connectivity index (χ0n) is 18.5. The van der Waals surface area contributed by atoms with Gasteiger partial charge >= 0.3 is 6.03 Å². The summed E-state index contributed by atoms with van der Waals surface area (Å²) in [5, 5.41) is 5.44. The molecule has 1 atom stereocenters. The first-order valence-corrected chi connectivity index (χ1v) is 11.9. The second kappa shape index (κ2) is 11.6. The van der Waals surface area contributed by atoms with E-state index < -0.39 is 0 Å². The molecule has 4 amide bonds. The van der Waals surface area contributed by atoms with Crippen LogP contribution in [0, 0.1) is 0 Å². The molecule has 0 unspecified atom stereocenters. The molecule has 0 aromatic heterocycles. The molecule has 8 heteroatoms. The number of carbonyl (C=O) groups excluding carboxylic acids is 3. The van der Waals surface area contributed by atoms with Crippen LogP contribution in [0.5, 0.6) is 0 Å². The van der Waals surface area contributed by atoms with Gasteiger partial charge in [-0.05, 0) is 32.6 Å². The van der Waals surface area contributed by atoms with Crippen LogP contribution in [0.2, 0.25) is 0 Å². The van der Waals surface area contributed by atoms with E-state index in [1.165, 1.54) is 19.3 Å². The number of hydrogen-bond donors (Lipinski definition) is 2. The summed E-state index contributed by atoms with van der Waals surface area (Å²) in [5.41, 5.74) is 0. The quantitative estimate of drug-likeness (QED) is 0.704. The van der Waals surface area contributed by atoms with Gasteiger partial charge < -0.3 is 10.2 Å². The van der Waals surface area contributed by atoms with Gasteiger partial charge in [-0.2, -0.15) is 0 Å². The van der Waals surface area contributed by atoms with Crippen molar-refractivity contribution in [3.05, 3.63) is 0 Å². The smallest absolute Gasteiger partial charge is 0.321 e. The zero-order chi connectivity index (χ0) is 21.3. The Hall–Kier alpha value is -1.67. The van der Waals surface area contributed by atoms with Crippen LogP contribution in [0.25, 0.3) is 0 Å². The maximum atomic E-state index is 12.6. The van der Waals surface area contributed by atoms with Crippen molar-refractivity contribution in [2.75, 3.05) is 45.8 Å². The van der Waals surface area contributed by atoms with Gasteiger partial charge in [-0.15, -0.1) is 0 Å². The number of imide groups is 1. The molecular weight excluding hydrogens is 382 g/mol. The highest BCUT2D eigenvalue weighted by Gasteiger charge is 2.28. The Morgan fingerprint density at radius 1 is 0.833 bits per heavy atom. The number of carbonyl (C=O) groups is 3. The van der Waals surface area contributed by atoms with Crippen LogP contribution in [0.3, 0.4) is 0 Å². The fourth-order valence-corrected chi connectivity index (χ4v) is 4.77. The first-order valence-electron chi connectivity index (χ1n) is 11.9. The van der Waals surface area contributed by atoms with Crippen LogP contribution in [0.15, 0.2) is 0 Å². The van der Waals surface area contributed by atoms with E-state index in [1.54, 1.807) is 0 Å². The van der Waals surface area contributed by atoms with Gasteiger partial charge in [0, 0.05) is 45.3 Å². The monoisotopic (exact) mass is 421 g/mol. The molecule has 0 aromatic rings. The molecule has 2 heterocycles. The molecule has 2 aliphatic heterocycles. The predicted molar refractivity (Wildman–Crippen MR) is 116 cm³/mol. The number of urea groups is 1. The minimum Gasteiger partial charge on any atom is -0.342 e. The average molecular weight is 422 g/mol. The Bertz CT molecular complexity index is 577. The minimum atomic E-state index is -0.375. The second-order valence-corrected chi connectivity index (χ2v) is 9.08. The Morgan fingerprint density at radius 2 is 1.43 bits per heavy atom. The number of amides is 4. The largest absolute Gasteiger partial charge is 0.342 e. The van der Waals surface area contributed by atoms with Crippen LogP contribution in [0.1, 0.15) is 64.7 Å². The molecule has 0 aromatic carbocycles. The van der Waals surface area contributed by atoms with E-state index in [2.05, 4.69) is 20.4 Å². The van der Waals surface area contributed by atoms with Crippen molar-refractivity contribution in [3.8, 4) is 0 Å². The molecule has 0 bridgehead atoms. The van der Waals surface area contributed by atoms with E-state index in [4.69, 9.17) is 0 Å². The average Bonchev–Trinajstić information content (AvgIpc) is 3.04. The number of hydrogen-bond acceptors (Lipinski definition) is 5. The summed E-state index contributed by atoms with van der Waals surface area (Å²) in [6, 6.07) is -0.543. The Kier molecular flexibility index (Phi) is 8.93.